The number of carbonyl (C=O) groups is 2. The molecule has 5 rings (SSSR count). The second-order valence-electron chi connectivity index (χ2n) is 7.62. The van der Waals surface area contributed by atoms with Crippen molar-refractivity contribution in [2.24, 2.45) is 0 Å². The monoisotopic (exact) mass is 451 g/mol. The Labute approximate surface area is 188 Å². The molecule has 3 aromatic rings. The van der Waals surface area contributed by atoms with Crippen molar-refractivity contribution in [2.75, 3.05) is 24.0 Å². The van der Waals surface area contributed by atoms with E-state index >= 15 is 0 Å². The number of benzene rings is 2. The minimum absolute atomic E-state index is 0.168. The first-order valence-corrected chi connectivity index (χ1v) is 11.1. The van der Waals surface area contributed by atoms with Crippen LogP contribution in [0.5, 0.6) is 11.5 Å². The molecule has 2 aromatic carbocycles. The molecule has 0 spiro atoms. The Balaban J connectivity index is 1.26. The number of nitrogens with one attached hydrogen (secondary N) is 2. The van der Waals surface area contributed by atoms with E-state index in [0.29, 0.717) is 28.7 Å². The van der Waals surface area contributed by atoms with Crippen molar-refractivity contribution in [1.82, 2.24) is 15.1 Å². The lowest BCUT2D eigenvalue weighted by molar-refractivity contribution is 0.102. The van der Waals surface area contributed by atoms with Crippen LogP contribution in [0.2, 0.25) is 0 Å². The van der Waals surface area contributed by atoms with Gasteiger partial charge < -0.3 is 25.0 Å². The van der Waals surface area contributed by atoms with Gasteiger partial charge in [0.2, 0.25) is 11.8 Å². The Morgan fingerprint density at radius 1 is 1.06 bits per heavy atom. The van der Waals surface area contributed by atoms with Crippen molar-refractivity contribution in [3.8, 4) is 11.5 Å². The van der Waals surface area contributed by atoms with Gasteiger partial charge in [-0.3, -0.25) is 4.79 Å². The molecule has 1 fully saturated rings. The van der Waals surface area contributed by atoms with E-state index in [9.17, 15) is 9.59 Å². The largest absolute Gasteiger partial charge is 0.454 e. The molecule has 1 saturated heterocycles. The SMILES string of the molecule is Cc1cccc(NC(=O)N2CCC[C@@H]2c2nnc(C(=O)Nc3ccc4c(c3)OCO4)s2)c1. The molecular formula is C22H21N5O4S. The molecule has 0 bridgehead atoms. The van der Waals surface area contributed by atoms with Crippen LogP contribution >= 0.6 is 11.3 Å². The number of rotatable bonds is 4. The fourth-order valence-electron chi connectivity index (χ4n) is 3.80. The maximum absolute atomic E-state index is 12.9. The van der Waals surface area contributed by atoms with E-state index in [1.54, 1.807) is 23.1 Å². The minimum atomic E-state index is -0.360. The summed E-state index contributed by atoms with van der Waals surface area (Å²) < 4.78 is 10.6. The second kappa shape index (κ2) is 8.46. The summed E-state index contributed by atoms with van der Waals surface area (Å²) in [6.45, 7) is 2.77. The summed E-state index contributed by atoms with van der Waals surface area (Å²) in [5.74, 6) is 0.870. The van der Waals surface area contributed by atoms with E-state index in [2.05, 4.69) is 20.8 Å². The number of hydrogen-bond donors (Lipinski definition) is 2. The average Bonchev–Trinajstić information content (AvgIpc) is 3.52. The Bertz CT molecular complexity index is 1180. The lowest BCUT2D eigenvalue weighted by Crippen LogP contribution is -2.34. The van der Waals surface area contributed by atoms with Gasteiger partial charge in [0.05, 0.1) is 6.04 Å². The van der Waals surface area contributed by atoms with E-state index < -0.39 is 0 Å². The number of nitrogens with zero attached hydrogens (tertiary/aromatic N) is 3. The van der Waals surface area contributed by atoms with Crippen LogP contribution in [0.4, 0.5) is 16.2 Å². The third-order valence-corrected chi connectivity index (χ3v) is 6.36. The topological polar surface area (TPSA) is 106 Å². The van der Waals surface area contributed by atoms with Gasteiger partial charge >= 0.3 is 6.03 Å². The molecule has 1 atom stereocenters. The van der Waals surface area contributed by atoms with Gasteiger partial charge in [-0.2, -0.15) is 0 Å². The van der Waals surface area contributed by atoms with Crippen molar-refractivity contribution in [3.63, 3.8) is 0 Å². The lowest BCUT2D eigenvalue weighted by Gasteiger charge is -2.23. The smallest absolute Gasteiger partial charge is 0.322 e. The van der Waals surface area contributed by atoms with Gasteiger partial charge in [0.1, 0.15) is 5.01 Å². The van der Waals surface area contributed by atoms with Crippen LogP contribution < -0.4 is 20.1 Å². The molecule has 0 aliphatic carbocycles. The number of likely N-dealkylation sites (tertiary alicyclic amines) is 1. The zero-order chi connectivity index (χ0) is 22.1. The summed E-state index contributed by atoms with van der Waals surface area (Å²) in [5.41, 5.74) is 2.40. The minimum Gasteiger partial charge on any atom is -0.454 e. The summed E-state index contributed by atoms with van der Waals surface area (Å²) >= 11 is 1.20. The number of anilines is 2. The molecular weight excluding hydrogens is 430 g/mol. The molecule has 9 nitrogen and oxygen atoms in total. The highest BCUT2D eigenvalue weighted by Crippen LogP contribution is 2.36. The molecule has 2 aliphatic heterocycles. The lowest BCUT2D eigenvalue weighted by atomic mass is 10.2. The summed E-state index contributed by atoms with van der Waals surface area (Å²) in [6.07, 6.45) is 1.64. The normalized spacial score (nSPS) is 16.8. The molecule has 3 heterocycles. The van der Waals surface area contributed by atoms with E-state index in [0.717, 1.165) is 24.1 Å². The number of amides is 3. The maximum Gasteiger partial charge on any atom is 0.322 e. The summed E-state index contributed by atoms with van der Waals surface area (Å²) in [7, 11) is 0. The molecule has 164 valence electrons. The number of urea groups is 1. The summed E-state index contributed by atoms with van der Waals surface area (Å²) in [6, 6.07) is 12.5. The summed E-state index contributed by atoms with van der Waals surface area (Å²) in [4.78, 5) is 27.3. The van der Waals surface area contributed by atoms with Crippen LogP contribution in [0.3, 0.4) is 0 Å². The molecule has 0 radical (unpaired) electrons. The van der Waals surface area contributed by atoms with Crippen LogP contribution in [-0.4, -0.2) is 40.4 Å². The first kappa shape index (κ1) is 20.3. The standard InChI is InChI=1S/C22H21N5O4S/c1-13-4-2-5-14(10-13)24-22(29)27-9-3-6-16(27)20-25-26-21(32-20)19(28)23-15-7-8-17-18(11-15)31-12-30-17/h2,4-5,7-8,10-11,16H,3,6,9,12H2,1H3,(H,23,28)(H,24,29)/t16-/m1/s1. The third kappa shape index (κ3) is 4.09. The molecule has 1 aromatic heterocycles. The van der Waals surface area contributed by atoms with E-state index in [1.165, 1.54) is 11.3 Å². The highest BCUT2D eigenvalue weighted by atomic mass is 32.1. The predicted octanol–water partition coefficient (Wildman–Crippen LogP) is 4.20. The van der Waals surface area contributed by atoms with Crippen molar-refractivity contribution in [3.05, 3.63) is 58.0 Å². The molecule has 2 aliphatic rings. The number of aromatic nitrogens is 2. The summed E-state index contributed by atoms with van der Waals surface area (Å²) in [5, 5.41) is 14.9. The second-order valence-corrected chi connectivity index (χ2v) is 8.63. The van der Waals surface area contributed by atoms with Crippen molar-refractivity contribution in [1.29, 1.82) is 0 Å². The molecule has 2 N–H and O–H groups in total. The fraction of sp³-hybridized carbons (Fsp3) is 0.273. The fourth-order valence-corrected chi connectivity index (χ4v) is 4.69. The van der Waals surface area contributed by atoms with Crippen molar-refractivity contribution in [2.45, 2.75) is 25.8 Å². The Morgan fingerprint density at radius 3 is 2.78 bits per heavy atom. The van der Waals surface area contributed by atoms with Gasteiger partial charge in [-0.05, 0) is 49.6 Å². The number of fused-ring (bicyclic) bond motifs is 1. The Hall–Kier alpha value is -3.66. The first-order valence-electron chi connectivity index (χ1n) is 10.3. The van der Waals surface area contributed by atoms with Crippen LogP contribution in [0.1, 0.15) is 39.3 Å². The Morgan fingerprint density at radius 2 is 1.91 bits per heavy atom. The quantitative estimate of drug-likeness (QED) is 0.616. The van der Waals surface area contributed by atoms with Crippen LogP contribution in [0.15, 0.2) is 42.5 Å². The molecule has 10 heteroatoms. The van der Waals surface area contributed by atoms with Gasteiger partial charge in [0, 0.05) is 24.0 Å². The van der Waals surface area contributed by atoms with Crippen molar-refractivity contribution >= 4 is 34.6 Å². The van der Waals surface area contributed by atoms with Gasteiger partial charge in [0.15, 0.2) is 11.5 Å². The van der Waals surface area contributed by atoms with Crippen LogP contribution in [0.25, 0.3) is 0 Å². The zero-order valence-electron chi connectivity index (χ0n) is 17.3. The van der Waals surface area contributed by atoms with E-state index in [1.807, 2.05) is 31.2 Å². The average molecular weight is 452 g/mol. The zero-order valence-corrected chi connectivity index (χ0v) is 18.1. The van der Waals surface area contributed by atoms with Crippen LogP contribution in [-0.2, 0) is 0 Å². The highest BCUT2D eigenvalue weighted by Gasteiger charge is 2.33. The van der Waals surface area contributed by atoms with Gasteiger partial charge in [-0.25, -0.2) is 4.79 Å². The number of ether oxygens (including phenoxy) is 2. The third-order valence-electron chi connectivity index (χ3n) is 5.33. The number of aryl methyl sites for hydroxylation is 1. The predicted molar refractivity (Wildman–Crippen MR) is 119 cm³/mol. The molecule has 32 heavy (non-hydrogen) atoms. The van der Waals surface area contributed by atoms with E-state index in [4.69, 9.17) is 9.47 Å². The van der Waals surface area contributed by atoms with E-state index in [-0.39, 0.29) is 29.8 Å². The van der Waals surface area contributed by atoms with Gasteiger partial charge in [-0.15, -0.1) is 10.2 Å². The number of hydrogen-bond acceptors (Lipinski definition) is 7. The first-order chi connectivity index (χ1) is 15.6. The van der Waals surface area contributed by atoms with Crippen LogP contribution in [0, 0.1) is 6.92 Å². The number of carbonyl (C=O) groups excluding carboxylic acids is 2. The van der Waals surface area contributed by atoms with Crippen molar-refractivity contribution < 1.29 is 19.1 Å². The maximum atomic E-state index is 12.9. The Kier molecular flexibility index (Phi) is 5.36. The van der Waals surface area contributed by atoms with Gasteiger partial charge in [0.25, 0.3) is 5.91 Å². The molecule has 0 saturated carbocycles. The molecule has 0 unspecified atom stereocenters. The molecule has 3 amide bonds. The van der Waals surface area contributed by atoms with Gasteiger partial charge in [-0.1, -0.05) is 23.5 Å². The highest BCUT2D eigenvalue weighted by molar-refractivity contribution is 7.13.